The Kier molecular flexibility index (Phi) is 3.33. The predicted molar refractivity (Wildman–Crippen MR) is 70.5 cm³/mol. The average Bonchev–Trinajstić information content (AvgIpc) is 2.65. The largest absolute Gasteiger partial charge is 0.331 e. The van der Waals surface area contributed by atoms with Crippen LogP contribution in [0.5, 0.6) is 0 Å². The van der Waals surface area contributed by atoms with E-state index in [1.165, 1.54) is 4.90 Å². The fourth-order valence-electron chi connectivity index (χ4n) is 1.81. The Morgan fingerprint density at radius 1 is 1.29 bits per heavy atom. The normalized spacial score (nSPS) is 10.5. The summed E-state index contributed by atoms with van der Waals surface area (Å²) >= 11 is 1.70. The Hall–Kier alpha value is -1.55. The molecule has 2 aromatic rings. The van der Waals surface area contributed by atoms with Crippen molar-refractivity contribution >= 4 is 18.0 Å². The van der Waals surface area contributed by atoms with Gasteiger partial charge < -0.3 is 4.57 Å². The van der Waals surface area contributed by atoms with E-state index in [0.29, 0.717) is 5.69 Å². The van der Waals surface area contributed by atoms with E-state index in [9.17, 15) is 4.79 Å². The SMILES string of the molecule is CSc1ccc(-c2c(C=O)nc(C)n2C)cc1. The van der Waals surface area contributed by atoms with Crippen LogP contribution in [0.25, 0.3) is 11.3 Å². The molecule has 0 spiro atoms. The maximum atomic E-state index is 11.0. The van der Waals surface area contributed by atoms with E-state index in [2.05, 4.69) is 17.1 Å². The van der Waals surface area contributed by atoms with E-state index in [1.54, 1.807) is 11.8 Å². The van der Waals surface area contributed by atoms with Crippen LogP contribution in [0.3, 0.4) is 0 Å². The first-order valence-electron chi connectivity index (χ1n) is 5.30. The van der Waals surface area contributed by atoms with E-state index in [-0.39, 0.29) is 0 Å². The summed E-state index contributed by atoms with van der Waals surface area (Å²) in [5.41, 5.74) is 2.40. The van der Waals surface area contributed by atoms with Gasteiger partial charge in [-0.05, 0) is 25.3 Å². The average molecular weight is 246 g/mol. The molecule has 0 saturated heterocycles. The lowest BCUT2D eigenvalue weighted by Gasteiger charge is -2.05. The van der Waals surface area contributed by atoms with Crippen molar-refractivity contribution in [2.45, 2.75) is 11.8 Å². The second kappa shape index (κ2) is 4.75. The highest BCUT2D eigenvalue weighted by Gasteiger charge is 2.13. The fraction of sp³-hybridized carbons (Fsp3) is 0.231. The minimum absolute atomic E-state index is 0.502. The zero-order valence-corrected chi connectivity index (χ0v) is 10.9. The van der Waals surface area contributed by atoms with Gasteiger partial charge in [-0.25, -0.2) is 4.98 Å². The van der Waals surface area contributed by atoms with Gasteiger partial charge in [0.15, 0.2) is 6.29 Å². The second-order valence-electron chi connectivity index (χ2n) is 3.80. The molecule has 0 unspecified atom stereocenters. The topological polar surface area (TPSA) is 34.9 Å². The molecule has 0 aliphatic rings. The number of thioether (sulfide) groups is 1. The van der Waals surface area contributed by atoms with Crippen LogP contribution in [-0.4, -0.2) is 22.1 Å². The van der Waals surface area contributed by atoms with Gasteiger partial charge in [-0.15, -0.1) is 11.8 Å². The lowest BCUT2D eigenvalue weighted by molar-refractivity contribution is 0.112. The molecule has 0 atom stereocenters. The van der Waals surface area contributed by atoms with Gasteiger partial charge in [-0.1, -0.05) is 12.1 Å². The Morgan fingerprint density at radius 2 is 1.94 bits per heavy atom. The third-order valence-corrected chi connectivity index (χ3v) is 3.56. The quantitative estimate of drug-likeness (QED) is 0.617. The molecule has 1 aromatic heterocycles. The summed E-state index contributed by atoms with van der Waals surface area (Å²) in [6.45, 7) is 1.90. The number of nitrogens with zero attached hydrogens (tertiary/aromatic N) is 2. The van der Waals surface area contributed by atoms with Crippen LogP contribution < -0.4 is 0 Å². The Morgan fingerprint density at radius 3 is 2.47 bits per heavy atom. The van der Waals surface area contributed by atoms with E-state index in [1.807, 2.05) is 36.9 Å². The molecule has 0 N–H and O–H groups in total. The summed E-state index contributed by atoms with van der Waals surface area (Å²) < 4.78 is 1.94. The number of imidazole rings is 1. The van der Waals surface area contributed by atoms with Crippen LogP contribution >= 0.6 is 11.8 Å². The highest BCUT2D eigenvalue weighted by atomic mass is 32.2. The standard InChI is InChI=1S/C13H14N2OS/c1-9-14-12(8-16)13(15(9)2)10-4-6-11(17-3)7-5-10/h4-8H,1-3H3. The van der Waals surface area contributed by atoms with Crippen molar-refractivity contribution in [3.05, 3.63) is 35.8 Å². The molecule has 0 fully saturated rings. The molecule has 1 heterocycles. The summed E-state index contributed by atoms with van der Waals surface area (Å²) in [7, 11) is 1.92. The molecule has 1 aromatic carbocycles. The Bertz CT molecular complexity index is 543. The molecule has 2 rings (SSSR count). The van der Waals surface area contributed by atoms with Crippen molar-refractivity contribution in [3.63, 3.8) is 0 Å². The second-order valence-corrected chi connectivity index (χ2v) is 4.68. The minimum atomic E-state index is 0.502. The molecule has 0 saturated carbocycles. The first-order valence-corrected chi connectivity index (χ1v) is 6.52. The minimum Gasteiger partial charge on any atom is -0.331 e. The van der Waals surface area contributed by atoms with E-state index >= 15 is 0 Å². The summed E-state index contributed by atoms with van der Waals surface area (Å²) in [4.78, 5) is 16.5. The van der Waals surface area contributed by atoms with Gasteiger partial charge in [0.1, 0.15) is 11.5 Å². The van der Waals surface area contributed by atoms with Crippen molar-refractivity contribution in [1.82, 2.24) is 9.55 Å². The zero-order chi connectivity index (χ0) is 12.4. The molecule has 0 bridgehead atoms. The number of hydrogen-bond acceptors (Lipinski definition) is 3. The summed E-state index contributed by atoms with van der Waals surface area (Å²) in [6.07, 6.45) is 2.85. The van der Waals surface area contributed by atoms with E-state index in [4.69, 9.17) is 0 Å². The third kappa shape index (κ3) is 2.13. The van der Waals surface area contributed by atoms with Crippen LogP contribution in [0, 0.1) is 6.92 Å². The van der Waals surface area contributed by atoms with Crippen molar-refractivity contribution in [2.75, 3.05) is 6.26 Å². The molecular formula is C13H14N2OS. The van der Waals surface area contributed by atoms with Gasteiger partial charge in [0.05, 0.1) is 5.69 Å². The monoisotopic (exact) mass is 246 g/mol. The highest BCUT2D eigenvalue weighted by Crippen LogP contribution is 2.25. The number of aromatic nitrogens is 2. The van der Waals surface area contributed by atoms with Gasteiger partial charge in [0.25, 0.3) is 0 Å². The maximum absolute atomic E-state index is 11.0. The van der Waals surface area contributed by atoms with Crippen molar-refractivity contribution < 1.29 is 4.79 Å². The number of carbonyl (C=O) groups is 1. The lowest BCUT2D eigenvalue weighted by atomic mass is 10.1. The van der Waals surface area contributed by atoms with Gasteiger partial charge in [0.2, 0.25) is 0 Å². The number of aryl methyl sites for hydroxylation is 1. The molecule has 17 heavy (non-hydrogen) atoms. The fourth-order valence-corrected chi connectivity index (χ4v) is 2.22. The van der Waals surface area contributed by atoms with Crippen molar-refractivity contribution in [2.24, 2.45) is 7.05 Å². The lowest BCUT2D eigenvalue weighted by Crippen LogP contribution is -1.95. The molecular weight excluding hydrogens is 232 g/mol. The van der Waals surface area contributed by atoms with Crippen LogP contribution in [0.2, 0.25) is 0 Å². The Labute approximate surface area is 105 Å². The summed E-state index contributed by atoms with van der Waals surface area (Å²) in [5, 5.41) is 0. The van der Waals surface area contributed by atoms with Gasteiger partial charge in [-0.3, -0.25) is 4.79 Å². The molecule has 0 radical (unpaired) electrons. The van der Waals surface area contributed by atoms with Crippen LogP contribution in [0.1, 0.15) is 16.3 Å². The molecule has 0 amide bonds. The van der Waals surface area contributed by atoms with Crippen LogP contribution in [-0.2, 0) is 7.05 Å². The summed E-state index contributed by atoms with van der Waals surface area (Å²) in [6, 6.07) is 8.15. The van der Waals surface area contributed by atoms with Crippen LogP contribution in [0.15, 0.2) is 29.2 Å². The number of rotatable bonds is 3. The first-order chi connectivity index (χ1) is 8.17. The zero-order valence-electron chi connectivity index (χ0n) is 10.1. The highest BCUT2D eigenvalue weighted by molar-refractivity contribution is 7.98. The smallest absolute Gasteiger partial charge is 0.170 e. The summed E-state index contributed by atoms with van der Waals surface area (Å²) in [5.74, 6) is 0.844. The van der Waals surface area contributed by atoms with Gasteiger partial charge in [-0.2, -0.15) is 0 Å². The maximum Gasteiger partial charge on any atom is 0.170 e. The molecule has 3 nitrogen and oxygen atoms in total. The number of benzene rings is 1. The van der Waals surface area contributed by atoms with Gasteiger partial charge >= 0.3 is 0 Å². The predicted octanol–water partition coefficient (Wildman–Crippen LogP) is 2.93. The third-order valence-electron chi connectivity index (χ3n) is 2.82. The van der Waals surface area contributed by atoms with Crippen molar-refractivity contribution in [1.29, 1.82) is 0 Å². The number of hydrogen-bond donors (Lipinski definition) is 0. The molecule has 88 valence electrons. The first kappa shape index (κ1) is 11.9. The van der Waals surface area contributed by atoms with Crippen molar-refractivity contribution in [3.8, 4) is 11.3 Å². The van der Waals surface area contributed by atoms with Crippen LogP contribution in [0.4, 0.5) is 0 Å². The molecule has 4 heteroatoms. The molecule has 0 aliphatic heterocycles. The Balaban J connectivity index is 2.55. The van der Waals surface area contributed by atoms with Gasteiger partial charge in [0, 0.05) is 17.5 Å². The number of carbonyl (C=O) groups excluding carboxylic acids is 1. The molecule has 0 aliphatic carbocycles. The van der Waals surface area contributed by atoms with E-state index < -0.39 is 0 Å². The number of aldehydes is 1. The van der Waals surface area contributed by atoms with E-state index in [0.717, 1.165) is 23.4 Å².